The minimum Gasteiger partial charge on any atom is -0.343 e. The summed E-state index contributed by atoms with van der Waals surface area (Å²) in [6, 6.07) is 11.1. The molecular weight excluding hydrogens is 238 g/mol. The lowest BCUT2D eigenvalue weighted by molar-refractivity contribution is -0.130. The van der Waals surface area contributed by atoms with Crippen LogP contribution in [0.2, 0.25) is 0 Å². The molecule has 0 radical (unpaired) electrons. The van der Waals surface area contributed by atoms with E-state index in [-0.39, 0.29) is 12.3 Å². The van der Waals surface area contributed by atoms with Crippen LogP contribution in [-0.2, 0) is 4.79 Å². The molecule has 0 bridgehead atoms. The first-order valence-corrected chi connectivity index (χ1v) is 6.33. The third-order valence-electron chi connectivity index (χ3n) is 3.07. The Bertz CT molecular complexity index is 521. The van der Waals surface area contributed by atoms with E-state index in [0.717, 1.165) is 5.56 Å². The summed E-state index contributed by atoms with van der Waals surface area (Å²) >= 11 is 0. The van der Waals surface area contributed by atoms with E-state index in [2.05, 4.69) is 6.07 Å². The number of nitrogens with zero attached hydrogens (tertiary/aromatic N) is 3. The maximum absolute atomic E-state index is 12.0. The van der Waals surface area contributed by atoms with Crippen molar-refractivity contribution in [3.8, 4) is 12.1 Å². The fourth-order valence-corrected chi connectivity index (χ4v) is 1.94. The van der Waals surface area contributed by atoms with Crippen LogP contribution in [0.4, 0.5) is 0 Å². The second-order valence-electron chi connectivity index (χ2n) is 4.19. The van der Waals surface area contributed by atoms with Crippen molar-refractivity contribution >= 4 is 5.91 Å². The number of hydrogen-bond acceptors (Lipinski definition) is 3. The molecule has 0 N–H and O–H groups in total. The normalized spacial score (nSPS) is 11.2. The van der Waals surface area contributed by atoms with Crippen LogP contribution >= 0.6 is 0 Å². The standard InChI is InChI=1S/C15H17N3O/c1-3-18(4-2)15(19)9-14(11-17)13-7-5-6-12(8-13)10-16/h5-8,14H,3-4,9H2,1-2H3. The molecule has 0 aliphatic heterocycles. The highest BCUT2D eigenvalue weighted by Crippen LogP contribution is 2.21. The number of benzene rings is 1. The van der Waals surface area contributed by atoms with E-state index in [9.17, 15) is 10.1 Å². The predicted octanol–water partition coefficient (Wildman–Crippen LogP) is 2.42. The smallest absolute Gasteiger partial charge is 0.224 e. The highest BCUT2D eigenvalue weighted by molar-refractivity contribution is 5.77. The first kappa shape index (κ1) is 14.7. The molecule has 19 heavy (non-hydrogen) atoms. The molecule has 4 nitrogen and oxygen atoms in total. The van der Waals surface area contributed by atoms with Crippen molar-refractivity contribution in [1.29, 1.82) is 10.5 Å². The fraction of sp³-hybridized carbons (Fsp3) is 0.400. The molecule has 1 rings (SSSR count). The van der Waals surface area contributed by atoms with Crippen molar-refractivity contribution < 1.29 is 4.79 Å². The molecule has 1 atom stereocenters. The lowest BCUT2D eigenvalue weighted by atomic mass is 9.95. The first-order valence-electron chi connectivity index (χ1n) is 6.33. The van der Waals surface area contributed by atoms with Gasteiger partial charge in [0.15, 0.2) is 0 Å². The summed E-state index contributed by atoms with van der Waals surface area (Å²) in [5.41, 5.74) is 1.23. The van der Waals surface area contributed by atoms with Gasteiger partial charge in [0, 0.05) is 19.5 Å². The van der Waals surface area contributed by atoms with Gasteiger partial charge >= 0.3 is 0 Å². The molecule has 1 amide bonds. The molecule has 1 unspecified atom stereocenters. The number of carbonyl (C=O) groups is 1. The van der Waals surface area contributed by atoms with Gasteiger partial charge in [-0.3, -0.25) is 4.79 Å². The quantitative estimate of drug-likeness (QED) is 0.811. The number of hydrogen-bond donors (Lipinski definition) is 0. The van der Waals surface area contributed by atoms with Crippen LogP contribution in [0.25, 0.3) is 0 Å². The molecule has 0 aliphatic rings. The Morgan fingerprint density at radius 2 is 2.00 bits per heavy atom. The van der Waals surface area contributed by atoms with Crippen molar-refractivity contribution in [2.45, 2.75) is 26.2 Å². The molecule has 0 saturated carbocycles. The van der Waals surface area contributed by atoms with E-state index in [1.54, 1.807) is 29.2 Å². The second-order valence-corrected chi connectivity index (χ2v) is 4.19. The molecule has 0 fully saturated rings. The summed E-state index contributed by atoms with van der Waals surface area (Å²) in [4.78, 5) is 13.7. The average Bonchev–Trinajstić information content (AvgIpc) is 2.46. The van der Waals surface area contributed by atoms with Gasteiger partial charge in [-0.1, -0.05) is 12.1 Å². The zero-order valence-corrected chi connectivity index (χ0v) is 11.3. The average molecular weight is 255 g/mol. The molecule has 4 heteroatoms. The molecular formula is C15H17N3O. The van der Waals surface area contributed by atoms with Gasteiger partial charge < -0.3 is 4.90 Å². The van der Waals surface area contributed by atoms with Gasteiger partial charge in [-0.15, -0.1) is 0 Å². The third-order valence-corrected chi connectivity index (χ3v) is 3.07. The zero-order valence-electron chi connectivity index (χ0n) is 11.3. The Morgan fingerprint density at radius 1 is 1.32 bits per heavy atom. The minimum atomic E-state index is -0.499. The van der Waals surface area contributed by atoms with Crippen molar-refractivity contribution in [3.63, 3.8) is 0 Å². The Morgan fingerprint density at radius 3 is 2.53 bits per heavy atom. The molecule has 1 aromatic carbocycles. The van der Waals surface area contributed by atoms with Crippen molar-refractivity contribution in [1.82, 2.24) is 4.90 Å². The Labute approximate surface area is 113 Å². The maximum atomic E-state index is 12.0. The largest absolute Gasteiger partial charge is 0.343 e. The summed E-state index contributed by atoms with van der Waals surface area (Å²) < 4.78 is 0. The van der Waals surface area contributed by atoms with E-state index in [0.29, 0.717) is 18.7 Å². The lowest BCUT2D eigenvalue weighted by Gasteiger charge is -2.20. The monoisotopic (exact) mass is 255 g/mol. The lowest BCUT2D eigenvalue weighted by Crippen LogP contribution is -2.31. The highest BCUT2D eigenvalue weighted by atomic mass is 16.2. The van der Waals surface area contributed by atoms with E-state index < -0.39 is 5.92 Å². The van der Waals surface area contributed by atoms with Gasteiger partial charge in [0.2, 0.25) is 5.91 Å². The zero-order chi connectivity index (χ0) is 14.3. The topological polar surface area (TPSA) is 67.9 Å². The highest BCUT2D eigenvalue weighted by Gasteiger charge is 2.19. The van der Waals surface area contributed by atoms with Gasteiger partial charge in [0.25, 0.3) is 0 Å². The molecule has 0 spiro atoms. The maximum Gasteiger partial charge on any atom is 0.224 e. The van der Waals surface area contributed by atoms with Crippen molar-refractivity contribution in [2.24, 2.45) is 0 Å². The predicted molar refractivity (Wildman–Crippen MR) is 72.1 cm³/mol. The van der Waals surface area contributed by atoms with Crippen molar-refractivity contribution in [2.75, 3.05) is 13.1 Å². The van der Waals surface area contributed by atoms with E-state index >= 15 is 0 Å². The van der Waals surface area contributed by atoms with Crippen LogP contribution in [0.15, 0.2) is 24.3 Å². The Hall–Kier alpha value is -2.33. The van der Waals surface area contributed by atoms with Crippen LogP contribution in [0.3, 0.4) is 0 Å². The van der Waals surface area contributed by atoms with Crippen LogP contribution in [-0.4, -0.2) is 23.9 Å². The summed E-state index contributed by atoms with van der Waals surface area (Å²) in [6.07, 6.45) is 0.160. The third kappa shape index (κ3) is 3.82. The summed E-state index contributed by atoms with van der Waals surface area (Å²) in [5, 5.41) is 18.1. The van der Waals surface area contributed by atoms with E-state index in [1.165, 1.54) is 0 Å². The molecule has 98 valence electrons. The number of amides is 1. The minimum absolute atomic E-state index is 0.0288. The van der Waals surface area contributed by atoms with Gasteiger partial charge in [0.1, 0.15) is 0 Å². The molecule has 1 aromatic rings. The van der Waals surface area contributed by atoms with Gasteiger partial charge in [-0.2, -0.15) is 10.5 Å². The molecule has 0 saturated heterocycles. The van der Waals surface area contributed by atoms with Gasteiger partial charge in [-0.25, -0.2) is 0 Å². The number of carbonyl (C=O) groups excluding carboxylic acids is 1. The number of nitriles is 2. The molecule has 0 aliphatic carbocycles. The second kappa shape index (κ2) is 7.18. The molecule has 0 aromatic heterocycles. The van der Waals surface area contributed by atoms with Crippen LogP contribution in [0.1, 0.15) is 37.3 Å². The Balaban J connectivity index is 2.87. The van der Waals surface area contributed by atoms with Gasteiger partial charge in [0.05, 0.1) is 23.6 Å². The van der Waals surface area contributed by atoms with E-state index in [1.807, 2.05) is 19.9 Å². The van der Waals surface area contributed by atoms with E-state index in [4.69, 9.17) is 5.26 Å². The van der Waals surface area contributed by atoms with Gasteiger partial charge in [-0.05, 0) is 31.5 Å². The van der Waals surface area contributed by atoms with Crippen molar-refractivity contribution in [3.05, 3.63) is 35.4 Å². The SMILES string of the molecule is CCN(CC)C(=O)CC(C#N)c1cccc(C#N)c1. The number of rotatable bonds is 5. The fourth-order valence-electron chi connectivity index (χ4n) is 1.94. The summed E-state index contributed by atoms with van der Waals surface area (Å²) in [7, 11) is 0. The van der Waals surface area contributed by atoms with Crippen LogP contribution in [0.5, 0.6) is 0 Å². The van der Waals surface area contributed by atoms with Crippen LogP contribution in [0, 0.1) is 22.7 Å². The summed E-state index contributed by atoms with van der Waals surface area (Å²) in [6.45, 7) is 5.12. The first-order chi connectivity index (χ1) is 9.15. The Kier molecular flexibility index (Phi) is 5.57. The summed E-state index contributed by atoms with van der Waals surface area (Å²) in [5.74, 6) is -0.527. The molecule has 0 heterocycles. The van der Waals surface area contributed by atoms with Crippen LogP contribution < -0.4 is 0 Å².